The van der Waals surface area contributed by atoms with E-state index in [2.05, 4.69) is 5.32 Å². The molecule has 2 rings (SSSR count). The maximum Gasteiger partial charge on any atom is 0.119 e. The minimum absolute atomic E-state index is 0.552. The summed E-state index contributed by atoms with van der Waals surface area (Å²) in [6.45, 7) is 0.552. The van der Waals surface area contributed by atoms with Crippen LogP contribution in [-0.2, 0) is 6.61 Å². The highest BCUT2D eigenvalue weighted by molar-refractivity contribution is 6.30. The molecule has 1 N–H and O–H groups in total. The van der Waals surface area contributed by atoms with Gasteiger partial charge in [0.25, 0.3) is 0 Å². The second-order valence-corrected chi connectivity index (χ2v) is 4.13. The molecule has 2 nitrogen and oxygen atoms in total. The zero-order chi connectivity index (χ0) is 12.1. The van der Waals surface area contributed by atoms with E-state index in [4.69, 9.17) is 16.3 Å². The lowest BCUT2D eigenvalue weighted by molar-refractivity contribution is 0.306. The van der Waals surface area contributed by atoms with Crippen molar-refractivity contribution in [3.05, 3.63) is 59.1 Å². The van der Waals surface area contributed by atoms with Gasteiger partial charge in [-0.05, 0) is 42.0 Å². The normalized spacial score (nSPS) is 10.0. The Labute approximate surface area is 106 Å². The van der Waals surface area contributed by atoms with Crippen molar-refractivity contribution >= 4 is 17.3 Å². The summed E-state index contributed by atoms with van der Waals surface area (Å²) in [7, 11) is 1.89. The summed E-state index contributed by atoms with van der Waals surface area (Å²) >= 11 is 5.81. The molecule has 0 atom stereocenters. The highest BCUT2D eigenvalue weighted by Crippen LogP contribution is 2.17. The predicted molar refractivity (Wildman–Crippen MR) is 71.8 cm³/mol. The largest absolute Gasteiger partial charge is 0.489 e. The molecule has 2 aromatic rings. The van der Waals surface area contributed by atoms with Gasteiger partial charge in [0.05, 0.1) is 0 Å². The lowest BCUT2D eigenvalue weighted by Gasteiger charge is -2.07. The summed E-state index contributed by atoms with van der Waals surface area (Å²) in [5, 5.41) is 3.81. The van der Waals surface area contributed by atoms with Crippen LogP contribution in [0.2, 0.25) is 5.02 Å². The van der Waals surface area contributed by atoms with Gasteiger partial charge in [-0.2, -0.15) is 0 Å². The Morgan fingerprint density at radius 1 is 1.00 bits per heavy atom. The lowest BCUT2D eigenvalue weighted by atomic mass is 10.2. The molecule has 0 spiro atoms. The molecule has 0 fully saturated rings. The van der Waals surface area contributed by atoms with Crippen molar-refractivity contribution in [3.63, 3.8) is 0 Å². The van der Waals surface area contributed by atoms with E-state index >= 15 is 0 Å². The Kier molecular flexibility index (Phi) is 3.89. The molecular weight excluding hydrogens is 234 g/mol. The fraction of sp³-hybridized carbons (Fsp3) is 0.143. The number of rotatable bonds is 4. The van der Waals surface area contributed by atoms with E-state index in [0.29, 0.717) is 6.61 Å². The van der Waals surface area contributed by atoms with Crippen LogP contribution in [-0.4, -0.2) is 7.05 Å². The third-order valence-corrected chi connectivity index (χ3v) is 2.71. The minimum Gasteiger partial charge on any atom is -0.489 e. The number of hydrogen-bond acceptors (Lipinski definition) is 2. The molecule has 3 heteroatoms. The van der Waals surface area contributed by atoms with Gasteiger partial charge < -0.3 is 10.1 Å². The third kappa shape index (κ3) is 3.40. The molecule has 0 amide bonds. The second-order valence-electron chi connectivity index (χ2n) is 3.69. The fourth-order valence-corrected chi connectivity index (χ4v) is 1.59. The van der Waals surface area contributed by atoms with Crippen molar-refractivity contribution in [2.24, 2.45) is 0 Å². The topological polar surface area (TPSA) is 21.3 Å². The molecule has 88 valence electrons. The van der Waals surface area contributed by atoms with Crippen LogP contribution >= 0.6 is 11.6 Å². The first kappa shape index (κ1) is 11.8. The summed E-state index contributed by atoms with van der Waals surface area (Å²) in [5.74, 6) is 0.860. The van der Waals surface area contributed by atoms with E-state index in [1.807, 2.05) is 55.6 Å². The monoisotopic (exact) mass is 247 g/mol. The maximum absolute atomic E-state index is 5.81. The van der Waals surface area contributed by atoms with Crippen molar-refractivity contribution in [2.45, 2.75) is 6.61 Å². The molecule has 0 bridgehead atoms. The van der Waals surface area contributed by atoms with Gasteiger partial charge in [-0.1, -0.05) is 23.7 Å². The maximum atomic E-state index is 5.81. The Bertz CT molecular complexity index is 465. The first-order chi connectivity index (χ1) is 8.28. The zero-order valence-corrected chi connectivity index (χ0v) is 10.4. The molecule has 0 saturated heterocycles. The average molecular weight is 248 g/mol. The van der Waals surface area contributed by atoms with Crippen LogP contribution in [0.1, 0.15) is 5.56 Å². The lowest BCUT2D eigenvalue weighted by Crippen LogP contribution is -1.95. The molecular formula is C14H14ClNO. The van der Waals surface area contributed by atoms with Crippen molar-refractivity contribution in [3.8, 4) is 5.75 Å². The minimum atomic E-state index is 0.552. The Balaban J connectivity index is 1.95. The van der Waals surface area contributed by atoms with Crippen LogP contribution in [0.4, 0.5) is 5.69 Å². The SMILES string of the molecule is CNc1ccc(OCc2ccc(Cl)cc2)cc1. The van der Waals surface area contributed by atoms with Crippen molar-refractivity contribution in [1.29, 1.82) is 0 Å². The molecule has 0 aliphatic heterocycles. The van der Waals surface area contributed by atoms with Crippen molar-refractivity contribution in [2.75, 3.05) is 12.4 Å². The smallest absolute Gasteiger partial charge is 0.119 e. The summed E-state index contributed by atoms with van der Waals surface area (Å²) in [6, 6.07) is 15.5. The van der Waals surface area contributed by atoms with E-state index in [9.17, 15) is 0 Å². The van der Waals surface area contributed by atoms with Crippen molar-refractivity contribution in [1.82, 2.24) is 0 Å². The predicted octanol–water partition coefficient (Wildman–Crippen LogP) is 3.96. The summed E-state index contributed by atoms with van der Waals surface area (Å²) in [4.78, 5) is 0. The van der Waals surface area contributed by atoms with Crippen LogP contribution in [0.3, 0.4) is 0 Å². The number of ether oxygens (including phenoxy) is 1. The molecule has 0 unspecified atom stereocenters. The summed E-state index contributed by atoms with van der Waals surface area (Å²) in [5.41, 5.74) is 2.18. The molecule has 17 heavy (non-hydrogen) atoms. The van der Waals surface area contributed by atoms with Gasteiger partial charge in [0, 0.05) is 17.8 Å². The summed E-state index contributed by atoms with van der Waals surface area (Å²) < 4.78 is 5.66. The van der Waals surface area contributed by atoms with Gasteiger partial charge in [0.1, 0.15) is 12.4 Å². The van der Waals surface area contributed by atoms with Gasteiger partial charge in [-0.25, -0.2) is 0 Å². The number of hydrogen-bond donors (Lipinski definition) is 1. The number of nitrogens with one attached hydrogen (secondary N) is 1. The van der Waals surface area contributed by atoms with Gasteiger partial charge in [0.15, 0.2) is 0 Å². The van der Waals surface area contributed by atoms with Crippen molar-refractivity contribution < 1.29 is 4.74 Å². The average Bonchev–Trinajstić information content (AvgIpc) is 2.39. The molecule has 0 saturated carbocycles. The van der Waals surface area contributed by atoms with E-state index in [1.54, 1.807) is 0 Å². The van der Waals surface area contributed by atoms with Crippen LogP contribution in [0.5, 0.6) is 5.75 Å². The Morgan fingerprint density at radius 3 is 2.24 bits per heavy atom. The number of halogens is 1. The van der Waals surface area contributed by atoms with E-state index in [-0.39, 0.29) is 0 Å². The zero-order valence-electron chi connectivity index (χ0n) is 9.61. The first-order valence-corrected chi connectivity index (χ1v) is 5.81. The second kappa shape index (κ2) is 5.60. The quantitative estimate of drug-likeness (QED) is 0.883. The summed E-state index contributed by atoms with van der Waals surface area (Å²) in [6.07, 6.45) is 0. The number of benzene rings is 2. The van der Waals surface area contributed by atoms with Crippen LogP contribution < -0.4 is 10.1 Å². The molecule has 2 aromatic carbocycles. The number of anilines is 1. The Hall–Kier alpha value is -1.67. The van der Waals surface area contributed by atoms with Gasteiger partial charge in [0.2, 0.25) is 0 Å². The molecule has 0 heterocycles. The van der Waals surface area contributed by atoms with Crippen LogP contribution in [0, 0.1) is 0 Å². The highest BCUT2D eigenvalue weighted by Gasteiger charge is 1.96. The van der Waals surface area contributed by atoms with Crippen LogP contribution in [0.25, 0.3) is 0 Å². The van der Waals surface area contributed by atoms with E-state index in [0.717, 1.165) is 22.0 Å². The standard InChI is InChI=1S/C14H14ClNO/c1-16-13-6-8-14(9-7-13)17-10-11-2-4-12(15)5-3-11/h2-9,16H,10H2,1H3. The van der Waals surface area contributed by atoms with Gasteiger partial charge >= 0.3 is 0 Å². The molecule has 0 aromatic heterocycles. The molecule has 0 aliphatic carbocycles. The van der Waals surface area contributed by atoms with E-state index < -0.39 is 0 Å². The fourth-order valence-electron chi connectivity index (χ4n) is 1.47. The van der Waals surface area contributed by atoms with Crippen LogP contribution in [0.15, 0.2) is 48.5 Å². The van der Waals surface area contributed by atoms with Gasteiger partial charge in [-0.15, -0.1) is 0 Å². The Morgan fingerprint density at radius 2 is 1.65 bits per heavy atom. The first-order valence-electron chi connectivity index (χ1n) is 5.43. The highest BCUT2D eigenvalue weighted by atomic mass is 35.5. The van der Waals surface area contributed by atoms with E-state index in [1.165, 1.54) is 0 Å². The van der Waals surface area contributed by atoms with Gasteiger partial charge in [-0.3, -0.25) is 0 Å². The molecule has 0 radical (unpaired) electrons. The third-order valence-electron chi connectivity index (χ3n) is 2.46. The molecule has 0 aliphatic rings.